The monoisotopic (exact) mass is 248 g/mol. The van der Waals surface area contributed by atoms with Crippen LogP contribution in [0.2, 0.25) is 0 Å². The number of benzene rings is 1. The molecule has 6 nitrogen and oxygen atoms in total. The summed E-state index contributed by atoms with van der Waals surface area (Å²) in [5, 5.41) is 16.2. The first kappa shape index (κ1) is 13.7. The predicted molar refractivity (Wildman–Crippen MR) is 63.1 cm³/mol. The lowest BCUT2D eigenvalue weighted by Crippen LogP contribution is -2.23. The van der Waals surface area contributed by atoms with Gasteiger partial charge in [0.05, 0.1) is 11.3 Å². The van der Waals surface area contributed by atoms with E-state index in [1.807, 2.05) is 0 Å². The van der Waals surface area contributed by atoms with E-state index < -0.39 is 23.6 Å². The maximum absolute atomic E-state index is 11.1. The van der Waals surface area contributed by atoms with Crippen LogP contribution in [-0.4, -0.2) is 28.7 Å². The molecular weight excluding hydrogens is 236 g/mol. The van der Waals surface area contributed by atoms with Crippen molar-refractivity contribution in [3.05, 3.63) is 29.8 Å². The molecule has 1 aromatic rings. The second-order valence-corrected chi connectivity index (χ2v) is 3.66. The molecule has 0 amide bonds. The topological polar surface area (TPSA) is 96.2 Å². The lowest BCUT2D eigenvalue weighted by Gasteiger charge is -2.03. The Balaban J connectivity index is 3.07. The summed E-state index contributed by atoms with van der Waals surface area (Å²) < 4.78 is 0. The third kappa shape index (κ3) is 3.31. The molecule has 0 unspecified atom stereocenters. The van der Waals surface area contributed by atoms with Crippen molar-refractivity contribution >= 4 is 23.2 Å². The highest BCUT2D eigenvalue weighted by atomic mass is 16.4. The Morgan fingerprint density at radius 3 is 2.17 bits per heavy atom. The smallest absolute Gasteiger partial charge is 0.337 e. The van der Waals surface area contributed by atoms with E-state index in [1.165, 1.54) is 26.0 Å². The van der Waals surface area contributed by atoms with E-state index >= 15 is 0 Å². The second kappa shape index (κ2) is 5.81. The number of rotatable bonds is 5. The summed E-state index contributed by atoms with van der Waals surface area (Å²) in [6, 6.07) is 4.79. The number of hydrogen-bond donors (Lipinski definition) is 1. The number of carbonyl (C=O) groups excluding carboxylic acids is 2. The van der Waals surface area contributed by atoms with E-state index in [2.05, 4.69) is 10.2 Å². The van der Waals surface area contributed by atoms with Crippen LogP contribution >= 0.6 is 0 Å². The van der Waals surface area contributed by atoms with Gasteiger partial charge in [0.25, 0.3) is 0 Å². The van der Waals surface area contributed by atoms with Gasteiger partial charge in [-0.1, -0.05) is 12.1 Å². The van der Waals surface area contributed by atoms with Crippen LogP contribution in [0.25, 0.3) is 0 Å². The molecule has 1 N–H and O–H groups in total. The first-order valence-electron chi connectivity index (χ1n) is 5.17. The van der Waals surface area contributed by atoms with Gasteiger partial charge in [-0.3, -0.25) is 9.59 Å². The summed E-state index contributed by atoms with van der Waals surface area (Å²) >= 11 is 0. The fourth-order valence-corrected chi connectivity index (χ4v) is 1.31. The molecule has 1 aromatic carbocycles. The molecule has 0 aliphatic carbocycles. The van der Waals surface area contributed by atoms with E-state index in [0.29, 0.717) is 0 Å². The summed E-state index contributed by atoms with van der Waals surface area (Å²) in [4.78, 5) is 33.2. The maximum atomic E-state index is 11.1. The van der Waals surface area contributed by atoms with Crippen LogP contribution < -0.4 is 0 Å². The minimum absolute atomic E-state index is 0.0351. The normalized spacial score (nSPS) is 10.8. The quantitative estimate of drug-likeness (QED) is 0.636. The number of carboxylic acid groups (broad SMARTS) is 1. The zero-order chi connectivity index (χ0) is 13.7. The highest BCUT2D eigenvalue weighted by Gasteiger charge is 2.18. The van der Waals surface area contributed by atoms with Crippen molar-refractivity contribution < 1.29 is 19.5 Å². The average Bonchev–Trinajstić information content (AvgIpc) is 2.28. The number of carbonyl (C=O) groups is 3. The largest absolute Gasteiger partial charge is 0.478 e. The summed E-state index contributed by atoms with van der Waals surface area (Å²) in [6.45, 7) is 2.46. The number of hydrogen-bond acceptors (Lipinski definition) is 5. The number of nitrogens with zero attached hydrogens (tertiary/aromatic N) is 2. The van der Waals surface area contributed by atoms with Gasteiger partial charge in [0.2, 0.25) is 0 Å². The van der Waals surface area contributed by atoms with Crippen LogP contribution in [0.4, 0.5) is 5.69 Å². The van der Waals surface area contributed by atoms with Gasteiger partial charge in [0.15, 0.2) is 17.6 Å². The van der Waals surface area contributed by atoms with Gasteiger partial charge in [-0.15, -0.1) is 0 Å². The highest BCUT2D eigenvalue weighted by molar-refractivity contribution is 6.04. The van der Waals surface area contributed by atoms with Crippen molar-refractivity contribution in [2.45, 2.75) is 19.9 Å². The van der Waals surface area contributed by atoms with Gasteiger partial charge >= 0.3 is 5.97 Å². The number of carboxylic acids is 1. The average molecular weight is 248 g/mol. The molecule has 0 spiro atoms. The molecule has 0 radical (unpaired) electrons. The molecular formula is C12H12N2O4. The zero-order valence-electron chi connectivity index (χ0n) is 9.95. The van der Waals surface area contributed by atoms with Gasteiger partial charge in [-0.05, 0) is 26.0 Å². The molecule has 0 fully saturated rings. The Hall–Kier alpha value is -2.37. The van der Waals surface area contributed by atoms with Crippen molar-refractivity contribution in [2.75, 3.05) is 0 Å². The maximum Gasteiger partial charge on any atom is 0.337 e. The van der Waals surface area contributed by atoms with Gasteiger partial charge in [0, 0.05) is 0 Å². The molecule has 0 saturated heterocycles. The van der Waals surface area contributed by atoms with Crippen LogP contribution in [0, 0.1) is 0 Å². The fourth-order valence-electron chi connectivity index (χ4n) is 1.31. The summed E-state index contributed by atoms with van der Waals surface area (Å²) in [5.74, 6) is -2.01. The van der Waals surface area contributed by atoms with Gasteiger partial charge in [-0.25, -0.2) is 4.79 Å². The minimum Gasteiger partial charge on any atom is -0.478 e. The Bertz CT molecular complexity index is 509. The van der Waals surface area contributed by atoms with E-state index in [0.717, 1.165) is 0 Å². The number of Topliss-reactive ketones (excluding diaryl/α,β-unsaturated/α-hetero) is 2. The predicted octanol–water partition coefficient (Wildman–Crippen LogP) is 2.02. The lowest BCUT2D eigenvalue weighted by atomic mass is 10.1. The molecule has 0 bridgehead atoms. The van der Waals surface area contributed by atoms with E-state index in [4.69, 9.17) is 5.11 Å². The molecule has 0 saturated carbocycles. The fraction of sp³-hybridized carbons (Fsp3) is 0.250. The molecule has 0 atom stereocenters. The number of azo groups is 1. The lowest BCUT2D eigenvalue weighted by molar-refractivity contribution is -0.126. The molecule has 0 heterocycles. The molecule has 0 aliphatic heterocycles. The number of ketones is 2. The Labute approximate surface area is 103 Å². The van der Waals surface area contributed by atoms with E-state index in [1.54, 1.807) is 12.1 Å². The zero-order valence-corrected chi connectivity index (χ0v) is 9.95. The van der Waals surface area contributed by atoms with Crippen molar-refractivity contribution in [1.82, 2.24) is 0 Å². The van der Waals surface area contributed by atoms with Crippen molar-refractivity contribution in [3.8, 4) is 0 Å². The Kier molecular flexibility index (Phi) is 4.42. The van der Waals surface area contributed by atoms with Gasteiger partial charge in [-0.2, -0.15) is 10.2 Å². The molecule has 6 heteroatoms. The molecule has 18 heavy (non-hydrogen) atoms. The molecule has 94 valence electrons. The third-order valence-corrected chi connectivity index (χ3v) is 2.19. The molecule has 0 aromatic heterocycles. The van der Waals surface area contributed by atoms with E-state index in [9.17, 15) is 14.4 Å². The minimum atomic E-state index is -1.17. The highest BCUT2D eigenvalue weighted by Crippen LogP contribution is 2.19. The number of aromatic carboxylic acids is 1. The Morgan fingerprint density at radius 2 is 1.67 bits per heavy atom. The standard InChI is InChI=1S/C12H12N2O4/c1-7(15)11(8(2)16)14-13-10-6-4-3-5-9(10)12(17)18/h3-6,11H,1-2H3,(H,17,18). The third-order valence-electron chi connectivity index (χ3n) is 2.19. The van der Waals surface area contributed by atoms with Crippen molar-refractivity contribution in [1.29, 1.82) is 0 Å². The van der Waals surface area contributed by atoms with Crippen LogP contribution in [0.1, 0.15) is 24.2 Å². The summed E-state index contributed by atoms with van der Waals surface area (Å²) in [6.07, 6.45) is 0. The van der Waals surface area contributed by atoms with Crippen molar-refractivity contribution in [2.24, 2.45) is 10.2 Å². The van der Waals surface area contributed by atoms with Gasteiger partial charge in [0.1, 0.15) is 0 Å². The van der Waals surface area contributed by atoms with Crippen LogP contribution in [0.3, 0.4) is 0 Å². The summed E-state index contributed by atoms with van der Waals surface area (Å²) in [5.41, 5.74) is 0.0737. The first-order valence-corrected chi connectivity index (χ1v) is 5.17. The van der Waals surface area contributed by atoms with Crippen LogP contribution in [-0.2, 0) is 9.59 Å². The second-order valence-electron chi connectivity index (χ2n) is 3.66. The Morgan fingerprint density at radius 1 is 1.11 bits per heavy atom. The summed E-state index contributed by atoms with van der Waals surface area (Å²) in [7, 11) is 0. The van der Waals surface area contributed by atoms with Crippen molar-refractivity contribution in [3.63, 3.8) is 0 Å². The van der Waals surface area contributed by atoms with E-state index in [-0.39, 0.29) is 11.3 Å². The molecule has 1 rings (SSSR count). The van der Waals surface area contributed by atoms with Gasteiger partial charge < -0.3 is 5.11 Å². The van der Waals surface area contributed by atoms with Crippen LogP contribution in [0.15, 0.2) is 34.5 Å². The SMILES string of the molecule is CC(=O)C(N=Nc1ccccc1C(=O)O)C(C)=O. The molecule has 0 aliphatic rings. The van der Waals surface area contributed by atoms with Crippen LogP contribution in [0.5, 0.6) is 0 Å². The first-order chi connectivity index (χ1) is 8.43.